The van der Waals surface area contributed by atoms with Crippen LogP contribution < -0.4 is 0 Å². The zero-order valence-electron chi connectivity index (χ0n) is 10.2. The summed E-state index contributed by atoms with van der Waals surface area (Å²) in [6.45, 7) is 0.493. The van der Waals surface area contributed by atoms with Crippen molar-refractivity contribution >= 4 is 53.5 Å². The lowest BCUT2D eigenvalue weighted by Gasteiger charge is -2.36. The molecule has 0 heterocycles. The highest BCUT2D eigenvalue weighted by Crippen LogP contribution is 2.32. The maximum absolute atomic E-state index is 12.7. The number of halogens is 3. The van der Waals surface area contributed by atoms with Gasteiger partial charge in [0.1, 0.15) is 0 Å². The second-order valence-corrected chi connectivity index (χ2v) is 8.41. The van der Waals surface area contributed by atoms with Crippen LogP contribution in [-0.2, 0) is 10.0 Å². The molecule has 0 saturated heterocycles. The van der Waals surface area contributed by atoms with Gasteiger partial charge in [-0.2, -0.15) is 4.31 Å². The molecular formula is C12H14Br2ClNO2S. The van der Waals surface area contributed by atoms with E-state index in [4.69, 9.17) is 11.6 Å². The molecule has 0 bridgehead atoms. The summed E-state index contributed by atoms with van der Waals surface area (Å²) >= 11 is 12.5. The number of nitrogens with zero attached hydrogens (tertiary/aromatic N) is 1. The Labute approximate surface area is 135 Å². The minimum atomic E-state index is -3.45. The van der Waals surface area contributed by atoms with Crippen molar-refractivity contribution in [1.29, 1.82) is 0 Å². The van der Waals surface area contributed by atoms with Gasteiger partial charge in [0, 0.05) is 22.4 Å². The van der Waals surface area contributed by atoms with E-state index in [0.717, 1.165) is 19.3 Å². The summed E-state index contributed by atoms with van der Waals surface area (Å²) in [5, 5.41) is 1.15. The first-order chi connectivity index (χ1) is 8.96. The van der Waals surface area contributed by atoms with Crippen LogP contribution in [0.1, 0.15) is 19.3 Å². The molecule has 0 amide bonds. The first kappa shape index (κ1) is 15.8. The fourth-order valence-electron chi connectivity index (χ4n) is 2.03. The monoisotopic (exact) mass is 429 g/mol. The largest absolute Gasteiger partial charge is 0.243 e. The third-order valence-corrected chi connectivity index (χ3v) is 6.80. The van der Waals surface area contributed by atoms with Crippen molar-refractivity contribution in [1.82, 2.24) is 4.31 Å². The molecule has 0 spiro atoms. The first-order valence-corrected chi connectivity index (χ1v) is 9.73. The molecule has 1 saturated carbocycles. The van der Waals surface area contributed by atoms with Crippen molar-refractivity contribution in [2.75, 3.05) is 11.9 Å². The zero-order valence-corrected chi connectivity index (χ0v) is 14.9. The summed E-state index contributed by atoms with van der Waals surface area (Å²) in [6, 6.07) is 4.86. The van der Waals surface area contributed by atoms with Crippen LogP contribution in [0.2, 0.25) is 5.02 Å². The Morgan fingerprint density at radius 1 is 1.37 bits per heavy atom. The molecule has 0 atom stereocenters. The average molecular weight is 432 g/mol. The van der Waals surface area contributed by atoms with Gasteiger partial charge >= 0.3 is 0 Å². The lowest BCUT2D eigenvalue weighted by atomic mass is 9.93. The van der Waals surface area contributed by atoms with E-state index in [1.807, 2.05) is 0 Å². The Bertz CT molecular complexity index is 561. The molecular weight excluding hydrogens is 417 g/mol. The number of alkyl halides is 1. The lowest BCUT2D eigenvalue weighted by Crippen LogP contribution is -2.45. The van der Waals surface area contributed by atoms with Crippen LogP contribution in [0.5, 0.6) is 0 Å². The summed E-state index contributed by atoms with van der Waals surface area (Å²) in [6.07, 6.45) is 2.99. The minimum absolute atomic E-state index is 0.136. The Morgan fingerprint density at radius 2 is 2.05 bits per heavy atom. The number of hydrogen-bond acceptors (Lipinski definition) is 2. The fraction of sp³-hybridized carbons (Fsp3) is 0.500. The van der Waals surface area contributed by atoms with E-state index < -0.39 is 10.0 Å². The van der Waals surface area contributed by atoms with Crippen LogP contribution in [0.3, 0.4) is 0 Å². The molecule has 2 rings (SSSR count). The van der Waals surface area contributed by atoms with Crippen LogP contribution in [0, 0.1) is 0 Å². The summed E-state index contributed by atoms with van der Waals surface area (Å²) in [4.78, 5) is 0.289. The Morgan fingerprint density at radius 3 is 2.53 bits per heavy atom. The molecule has 0 aliphatic heterocycles. The van der Waals surface area contributed by atoms with E-state index >= 15 is 0 Å². The van der Waals surface area contributed by atoms with E-state index in [1.165, 1.54) is 0 Å². The molecule has 7 heteroatoms. The summed E-state index contributed by atoms with van der Waals surface area (Å²) in [5.74, 6) is 0. The predicted octanol–water partition coefficient (Wildman–Crippen LogP) is 4.04. The first-order valence-electron chi connectivity index (χ1n) is 5.99. The summed E-state index contributed by atoms with van der Waals surface area (Å²) < 4.78 is 27.5. The van der Waals surface area contributed by atoms with E-state index in [-0.39, 0.29) is 10.9 Å². The topological polar surface area (TPSA) is 37.4 Å². The molecule has 0 radical (unpaired) electrons. The molecule has 1 aromatic carbocycles. The van der Waals surface area contributed by atoms with Crippen LogP contribution in [-0.4, -0.2) is 30.6 Å². The van der Waals surface area contributed by atoms with Gasteiger partial charge in [0.05, 0.1) is 9.92 Å². The number of hydrogen-bond donors (Lipinski definition) is 0. The van der Waals surface area contributed by atoms with Gasteiger partial charge in [-0.1, -0.05) is 34.0 Å². The van der Waals surface area contributed by atoms with Crippen molar-refractivity contribution in [3.05, 3.63) is 27.7 Å². The van der Waals surface area contributed by atoms with Gasteiger partial charge in [0.2, 0.25) is 10.0 Å². The Balaban J connectivity index is 2.35. The predicted molar refractivity (Wildman–Crippen MR) is 84.5 cm³/mol. The number of rotatable bonds is 5. The van der Waals surface area contributed by atoms with Gasteiger partial charge in [-0.3, -0.25) is 0 Å². The smallest absolute Gasteiger partial charge is 0.207 e. The van der Waals surface area contributed by atoms with Crippen LogP contribution in [0.15, 0.2) is 27.6 Å². The molecule has 19 heavy (non-hydrogen) atoms. The van der Waals surface area contributed by atoms with Crippen molar-refractivity contribution in [2.24, 2.45) is 0 Å². The third kappa shape index (κ3) is 3.35. The summed E-state index contributed by atoms with van der Waals surface area (Å²) in [7, 11) is -3.45. The third-order valence-electron chi connectivity index (χ3n) is 3.28. The SMILES string of the molecule is O=S(=O)(c1ccc(Cl)c(Br)c1)N(CCBr)C1CCC1. The molecule has 1 aliphatic carbocycles. The standard InChI is InChI=1S/C12H14Br2ClNO2S/c13-6-7-16(9-2-1-3-9)19(17,18)10-4-5-12(15)11(14)8-10/h4-5,8-9H,1-3,6-7H2. The van der Waals surface area contributed by atoms with Crippen LogP contribution in [0.4, 0.5) is 0 Å². The number of benzene rings is 1. The molecule has 0 N–H and O–H groups in total. The van der Waals surface area contributed by atoms with Crippen LogP contribution in [0.25, 0.3) is 0 Å². The highest BCUT2D eigenvalue weighted by Gasteiger charge is 2.34. The van der Waals surface area contributed by atoms with Gasteiger partial charge in [-0.15, -0.1) is 0 Å². The van der Waals surface area contributed by atoms with Crippen molar-refractivity contribution in [2.45, 2.75) is 30.2 Å². The molecule has 0 unspecified atom stereocenters. The van der Waals surface area contributed by atoms with Crippen molar-refractivity contribution < 1.29 is 8.42 Å². The van der Waals surface area contributed by atoms with E-state index in [2.05, 4.69) is 31.9 Å². The molecule has 0 aromatic heterocycles. The molecule has 1 aromatic rings. The zero-order chi connectivity index (χ0) is 14.0. The van der Waals surface area contributed by atoms with Gasteiger partial charge in [0.25, 0.3) is 0 Å². The molecule has 106 valence electrons. The maximum Gasteiger partial charge on any atom is 0.243 e. The maximum atomic E-state index is 12.7. The van der Waals surface area contributed by atoms with Crippen molar-refractivity contribution in [3.8, 4) is 0 Å². The van der Waals surface area contributed by atoms with Crippen LogP contribution >= 0.6 is 43.5 Å². The molecule has 1 fully saturated rings. The molecule has 3 nitrogen and oxygen atoms in total. The molecule has 1 aliphatic rings. The van der Waals surface area contributed by atoms with E-state index in [9.17, 15) is 8.42 Å². The highest BCUT2D eigenvalue weighted by atomic mass is 79.9. The van der Waals surface area contributed by atoms with E-state index in [0.29, 0.717) is 21.4 Å². The van der Waals surface area contributed by atoms with Gasteiger partial charge in [-0.25, -0.2) is 8.42 Å². The normalized spacial score (nSPS) is 16.6. The second-order valence-electron chi connectivity index (χ2n) is 4.47. The lowest BCUT2D eigenvalue weighted by molar-refractivity contribution is 0.228. The van der Waals surface area contributed by atoms with E-state index in [1.54, 1.807) is 22.5 Å². The quantitative estimate of drug-likeness (QED) is 0.660. The highest BCUT2D eigenvalue weighted by molar-refractivity contribution is 9.10. The summed E-state index contributed by atoms with van der Waals surface area (Å²) in [5.41, 5.74) is 0. The Kier molecular flexibility index (Phi) is 5.34. The minimum Gasteiger partial charge on any atom is -0.207 e. The number of sulfonamides is 1. The van der Waals surface area contributed by atoms with Gasteiger partial charge in [0.15, 0.2) is 0 Å². The van der Waals surface area contributed by atoms with Crippen molar-refractivity contribution in [3.63, 3.8) is 0 Å². The van der Waals surface area contributed by atoms with Gasteiger partial charge < -0.3 is 0 Å². The van der Waals surface area contributed by atoms with Gasteiger partial charge in [-0.05, 0) is 47.0 Å². The Hall–Kier alpha value is 0.380. The average Bonchev–Trinajstić information content (AvgIpc) is 2.29. The second kappa shape index (κ2) is 6.43. The fourth-order valence-corrected chi connectivity index (χ4v) is 5.01.